The number of halogens is 1. The number of nitrogens with one attached hydrogen (secondary N) is 3. The maximum atomic E-state index is 14.1. The lowest BCUT2D eigenvalue weighted by Gasteiger charge is -2.23. The Morgan fingerprint density at radius 3 is 2.88 bits per heavy atom. The predicted octanol–water partition coefficient (Wildman–Crippen LogP) is 4.26. The molecule has 10 heteroatoms. The molecule has 0 aliphatic carbocycles. The van der Waals surface area contributed by atoms with Gasteiger partial charge in [-0.25, -0.2) is 9.37 Å². The molecule has 0 spiro atoms. The molecule has 4 aromatic rings. The van der Waals surface area contributed by atoms with E-state index in [2.05, 4.69) is 25.2 Å². The standard InChI is InChI=1S/C24H24FN5O3S/c1-31-17-6-7-20(25)23(10-17)34-30-16-4-2-15(3-5-16)21-11-22(19-13-27-29-24(19)28-21)33-14-18-12-26-8-9-32-18/h2-7,10-11,13,18,26,30H,8-9,12,14H2,1H3,(H,27,28,29). The van der Waals surface area contributed by atoms with Gasteiger partial charge in [0, 0.05) is 30.4 Å². The van der Waals surface area contributed by atoms with Gasteiger partial charge in [0.1, 0.15) is 30.0 Å². The molecule has 0 radical (unpaired) electrons. The molecule has 8 nitrogen and oxygen atoms in total. The van der Waals surface area contributed by atoms with Crippen molar-refractivity contribution < 1.29 is 18.6 Å². The molecular formula is C24H24FN5O3S. The summed E-state index contributed by atoms with van der Waals surface area (Å²) in [6.45, 7) is 2.75. The van der Waals surface area contributed by atoms with Crippen molar-refractivity contribution in [1.82, 2.24) is 20.5 Å². The Morgan fingerprint density at radius 1 is 1.21 bits per heavy atom. The van der Waals surface area contributed by atoms with Gasteiger partial charge >= 0.3 is 0 Å². The largest absolute Gasteiger partial charge is 0.497 e. The van der Waals surface area contributed by atoms with Crippen LogP contribution in [0.4, 0.5) is 10.1 Å². The number of H-pyrrole nitrogens is 1. The average Bonchev–Trinajstić information content (AvgIpc) is 3.37. The van der Waals surface area contributed by atoms with E-state index in [9.17, 15) is 4.39 Å². The van der Waals surface area contributed by atoms with Crippen LogP contribution in [0.1, 0.15) is 0 Å². The summed E-state index contributed by atoms with van der Waals surface area (Å²) in [5, 5.41) is 11.2. The summed E-state index contributed by atoms with van der Waals surface area (Å²) >= 11 is 1.19. The zero-order valence-corrected chi connectivity index (χ0v) is 19.3. The van der Waals surface area contributed by atoms with Gasteiger partial charge in [-0.05, 0) is 42.3 Å². The van der Waals surface area contributed by atoms with E-state index < -0.39 is 0 Å². The molecule has 1 aliphatic heterocycles. The Bertz CT molecular complexity index is 1260. The number of aromatic amines is 1. The van der Waals surface area contributed by atoms with Gasteiger partial charge in [0.15, 0.2) is 5.65 Å². The molecular weight excluding hydrogens is 457 g/mol. The number of benzene rings is 2. The Kier molecular flexibility index (Phi) is 6.79. The van der Waals surface area contributed by atoms with Crippen molar-refractivity contribution in [2.75, 3.05) is 38.1 Å². The topological polar surface area (TPSA) is 93.3 Å². The fourth-order valence-corrected chi connectivity index (χ4v) is 4.29. The second-order valence-electron chi connectivity index (χ2n) is 7.72. The number of pyridine rings is 1. The minimum atomic E-state index is -0.311. The third kappa shape index (κ3) is 5.09. The van der Waals surface area contributed by atoms with Gasteiger partial charge in [-0.1, -0.05) is 12.1 Å². The molecule has 1 saturated heterocycles. The van der Waals surface area contributed by atoms with Crippen LogP contribution in [0.2, 0.25) is 0 Å². The Hall–Kier alpha value is -3.34. The van der Waals surface area contributed by atoms with Gasteiger partial charge < -0.3 is 24.2 Å². The smallest absolute Gasteiger partial charge is 0.159 e. The zero-order valence-electron chi connectivity index (χ0n) is 18.5. The van der Waals surface area contributed by atoms with E-state index in [0.29, 0.717) is 35.3 Å². The highest BCUT2D eigenvalue weighted by molar-refractivity contribution is 8.00. The lowest BCUT2D eigenvalue weighted by Crippen LogP contribution is -2.41. The summed E-state index contributed by atoms with van der Waals surface area (Å²) in [6.07, 6.45) is 1.72. The van der Waals surface area contributed by atoms with E-state index in [1.807, 2.05) is 30.3 Å². The highest BCUT2D eigenvalue weighted by Gasteiger charge is 2.16. The van der Waals surface area contributed by atoms with E-state index in [4.69, 9.17) is 14.2 Å². The second kappa shape index (κ2) is 10.3. The van der Waals surface area contributed by atoms with Crippen LogP contribution in [0, 0.1) is 5.82 Å². The van der Waals surface area contributed by atoms with Crippen LogP contribution in [-0.2, 0) is 4.74 Å². The summed E-state index contributed by atoms with van der Waals surface area (Å²) in [4.78, 5) is 5.14. The molecule has 0 bridgehead atoms. The summed E-state index contributed by atoms with van der Waals surface area (Å²) in [7, 11) is 1.56. The molecule has 3 heterocycles. The fraction of sp³-hybridized carbons (Fsp3) is 0.250. The van der Waals surface area contributed by atoms with E-state index >= 15 is 0 Å². The summed E-state index contributed by atoms with van der Waals surface area (Å²) in [5.41, 5.74) is 3.16. The first-order chi connectivity index (χ1) is 16.7. The van der Waals surface area contributed by atoms with Crippen LogP contribution in [0.15, 0.2) is 59.6 Å². The number of ether oxygens (including phenoxy) is 3. The fourth-order valence-electron chi connectivity index (χ4n) is 3.59. The minimum Gasteiger partial charge on any atom is -0.497 e. The number of fused-ring (bicyclic) bond motifs is 1. The van der Waals surface area contributed by atoms with Crippen molar-refractivity contribution in [2.45, 2.75) is 11.0 Å². The number of nitrogens with zero attached hydrogens (tertiary/aromatic N) is 2. The van der Waals surface area contributed by atoms with E-state index in [1.165, 1.54) is 18.0 Å². The van der Waals surface area contributed by atoms with Gasteiger partial charge in [-0.15, -0.1) is 0 Å². The van der Waals surface area contributed by atoms with Crippen LogP contribution in [0.25, 0.3) is 22.3 Å². The SMILES string of the molecule is COc1ccc(F)c(SNc2ccc(-c3cc(OCC4CNCCO4)c4cn[nH]c4n3)cc2)c1. The molecule has 34 heavy (non-hydrogen) atoms. The summed E-state index contributed by atoms with van der Waals surface area (Å²) in [5.74, 6) is 0.994. The number of methoxy groups -OCH3 is 1. The van der Waals surface area contributed by atoms with E-state index in [-0.39, 0.29) is 11.9 Å². The van der Waals surface area contributed by atoms with Crippen molar-refractivity contribution in [1.29, 1.82) is 0 Å². The van der Waals surface area contributed by atoms with Crippen molar-refractivity contribution in [3.63, 3.8) is 0 Å². The molecule has 5 rings (SSSR count). The number of anilines is 1. The number of hydrogen-bond donors (Lipinski definition) is 3. The van der Waals surface area contributed by atoms with E-state index in [0.717, 1.165) is 35.4 Å². The van der Waals surface area contributed by atoms with Crippen LogP contribution in [-0.4, -0.2) is 54.7 Å². The third-order valence-corrected chi connectivity index (χ3v) is 6.28. The van der Waals surface area contributed by atoms with Crippen LogP contribution < -0.4 is 19.5 Å². The quantitative estimate of drug-likeness (QED) is 0.322. The van der Waals surface area contributed by atoms with Gasteiger partial charge in [0.05, 0.1) is 35.9 Å². The minimum absolute atomic E-state index is 0.00425. The second-order valence-corrected chi connectivity index (χ2v) is 8.57. The molecule has 2 aromatic heterocycles. The monoisotopic (exact) mass is 481 g/mol. The predicted molar refractivity (Wildman–Crippen MR) is 130 cm³/mol. The molecule has 2 aromatic carbocycles. The molecule has 3 N–H and O–H groups in total. The molecule has 1 fully saturated rings. The average molecular weight is 482 g/mol. The zero-order chi connectivity index (χ0) is 23.3. The summed E-state index contributed by atoms with van der Waals surface area (Å²) in [6, 6.07) is 14.3. The third-order valence-electron chi connectivity index (χ3n) is 5.41. The number of hydrogen-bond acceptors (Lipinski definition) is 8. The summed E-state index contributed by atoms with van der Waals surface area (Å²) < 4.78 is 34.2. The van der Waals surface area contributed by atoms with Crippen LogP contribution in [0.5, 0.6) is 11.5 Å². The highest BCUT2D eigenvalue weighted by atomic mass is 32.2. The molecule has 1 atom stereocenters. The van der Waals surface area contributed by atoms with Gasteiger partial charge in [-0.3, -0.25) is 5.10 Å². The van der Waals surface area contributed by atoms with E-state index in [1.54, 1.807) is 25.4 Å². The molecule has 1 aliphatic rings. The first kappa shape index (κ1) is 22.5. The van der Waals surface area contributed by atoms with Crippen LogP contribution in [0.3, 0.4) is 0 Å². The number of rotatable bonds is 8. The van der Waals surface area contributed by atoms with Crippen LogP contribution >= 0.6 is 11.9 Å². The number of aromatic nitrogens is 3. The number of morpholine rings is 1. The van der Waals surface area contributed by atoms with Crippen molar-refractivity contribution in [3.05, 3.63) is 60.5 Å². The molecule has 176 valence electrons. The Labute approximate surface area is 200 Å². The molecule has 0 amide bonds. The van der Waals surface area contributed by atoms with Gasteiger partial charge in [-0.2, -0.15) is 5.10 Å². The first-order valence-electron chi connectivity index (χ1n) is 10.9. The normalized spacial score (nSPS) is 15.9. The lowest BCUT2D eigenvalue weighted by atomic mass is 10.1. The van der Waals surface area contributed by atoms with Gasteiger partial charge in [0.25, 0.3) is 0 Å². The maximum absolute atomic E-state index is 14.1. The Morgan fingerprint density at radius 2 is 2.09 bits per heavy atom. The Balaban J connectivity index is 1.30. The van der Waals surface area contributed by atoms with Crippen molar-refractivity contribution >= 4 is 28.7 Å². The van der Waals surface area contributed by atoms with Crippen molar-refractivity contribution in [3.8, 4) is 22.8 Å². The first-order valence-corrected chi connectivity index (χ1v) is 11.7. The molecule has 0 saturated carbocycles. The lowest BCUT2D eigenvalue weighted by molar-refractivity contribution is 0.000511. The van der Waals surface area contributed by atoms with Crippen molar-refractivity contribution in [2.24, 2.45) is 0 Å². The van der Waals surface area contributed by atoms with Gasteiger partial charge in [0.2, 0.25) is 0 Å². The molecule has 1 unspecified atom stereocenters. The maximum Gasteiger partial charge on any atom is 0.159 e. The highest BCUT2D eigenvalue weighted by Crippen LogP contribution is 2.31.